The van der Waals surface area contributed by atoms with Crippen LogP contribution in [0.3, 0.4) is 0 Å². The smallest absolute Gasteiger partial charge is 0.134 e. The SMILES string of the molecule is Fc1ccc(Cl)cc1-c1cc(Nc2ccnc3cn(CC4CCNCC4)nc23)ccn1.Fc1ccc(Cl)cc1-c1cc(Nc2ccnc3cnn(CC4CCNCC4)c23)ccn1. The molecule has 0 unspecified atom stereocenters. The Morgan fingerprint density at radius 1 is 0.613 bits per heavy atom. The van der Waals surface area contributed by atoms with Crippen LogP contribution in [0.5, 0.6) is 0 Å². The van der Waals surface area contributed by atoms with Gasteiger partial charge in [0.1, 0.15) is 33.7 Å². The molecule has 2 aliphatic rings. The van der Waals surface area contributed by atoms with Crippen LogP contribution in [0.15, 0.2) is 110 Å². The standard InChI is InChI=1S/2C23H22ClFN6/c24-16-1-2-19(25)18(11-16)21-12-17(5-9-27-21)30-20-6-10-28-22-13-29-31(23(20)22)14-15-3-7-26-8-4-15;24-16-1-2-19(25)18(11-16)21-12-17(5-9-27-21)29-20-6-10-28-22-14-31(30-23(20)22)13-15-3-7-26-8-4-15/h1-2,5-6,9-13,15,26H,3-4,7-8,14H2,(H,27,28,30);1-2,5-6,9-12,14-15,26H,3-4,7-8,13H2,(H,27,29). The maximum absolute atomic E-state index is 14.3. The molecule has 316 valence electrons. The van der Waals surface area contributed by atoms with Crippen molar-refractivity contribution < 1.29 is 8.78 Å². The van der Waals surface area contributed by atoms with Gasteiger partial charge in [-0.2, -0.15) is 10.2 Å². The summed E-state index contributed by atoms with van der Waals surface area (Å²) in [5.74, 6) is 0.496. The van der Waals surface area contributed by atoms with Gasteiger partial charge in [-0.1, -0.05) is 23.2 Å². The molecule has 8 heterocycles. The predicted octanol–water partition coefficient (Wildman–Crippen LogP) is 10.1. The number of pyridine rings is 4. The molecule has 0 aliphatic carbocycles. The third-order valence-corrected chi connectivity index (χ3v) is 11.7. The Labute approximate surface area is 367 Å². The van der Waals surface area contributed by atoms with Crippen molar-refractivity contribution in [3.63, 3.8) is 0 Å². The molecule has 0 amide bonds. The molecule has 0 atom stereocenters. The van der Waals surface area contributed by atoms with Crippen LogP contribution in [0.2, 0.25) is 10.0 Å². The van der Waals surface area contributed by atoms with Gasteiger partial charge in [0.25, 0.3) is 0 Å². The molecule has 6 aromatic heterocycles. The van der Waals surface area contributed by atoms with Gasteiger partial charge in [0.2, 0.25) is 0 Å². The summed E-state index contributed by atoms with van der Waals surface area (Å²) in [6, 6.07) is 20.0. The first-order chi connectivity index (χ1) is 30.3. The van der Waals surface area contributed by atoms with Crippen molar-refractivity contribution in [2.75, 3.05) is 36.8 Å². The van der Waals surface area contributed by atoms with Crippen molar-refractivity contribution in [2.45, 2.75) is 38.8 Å². The van der Waals surface area contributed by atoms with Crippen molar-refractivity contribution >= 4 is 68.0 Å². The summed E-state index contributed by atoms with van der Waals surface area (Å²) in [7, 11) is 0. The molecule has 0 spiro atoms. The molecular formula is C46H44Cl2F2N12. The van der Waals surface area contributed by atoms with Crippen molar-refractivity contribution in [1.29, 1.82) is 0 Å². The van der Waals surface area contributed by atoms with Crippen LogP contribution in [0.4, 0.5) is 31.5 Å². The number of nitrogens with one attached hydrogen (secondary N) is 4. The zero-order valence-electron chi connectivity index (χ0n) is 33.7. The summed E-state index contributed by atoms with van der Waals surface area (Å²) in [6.07, 6.45) is 15.2. The van der Waals surface area contributed by atoms with Crippen LogP contribution in [0.1, 0.15) is 25.7 Å². The number of benzene rings is 2. The molecular weight excluding hydrogens is 829 g/mol. The lowest BCUT2D eigenvalue weighted by molar-refractivity contribution is 0.322. The molecule has 0 radical (unpaired) electrons. The van der Waals surface area contributed by atoms with E-state index in [1.807, 2.05) is 45.9 Å². The number of halogens is 4. The van der Waals surface area contributed by atoms with Crippen LogP contribution in [0.25, 0.3) is 44.6 Å². The fraction of sp³-hybridized carbons (Fsp3) is 0.261. The molecule has 0 saturated carbocycles. The predicted molar refractivity (Wildman–Crippen MR) is 242 cm³/mol. The number of aromatic nitrogens is 8. The average molecular weight is 874 g/mol. The molecule has 2 aromatic carbocycles. The van der Waals surface area contributed by atoms with Crippen molar-refractivity contribution in [1.82, 2.24) is 50.1 Å². The zero-order chi connectivity index (χ0) is 42.4. The maximum Gasteiger partial charge on any atom is 0.134 e. The van der Waals surface area contributed by atoms with Gasteiger partial charge in [-0.05, 0) is 136 Å². The summed E-state index contributed by atoms with van der Waals surface area (Å²) >= 11 is 12.1. The highest BCUT2D eigenvalue weighted by Gasteiger charge is 2.19. The van der Waals surface area contributed by atoms with Gasteiger partial charge < -0.3 is 21.3 Å². The third kappa shape index (κ3) is 9.68. The first kappa shape index (κ1) is 41.3. The van der Waals surface area contributed by atoms with E-state index in [1.54, 1.807) is 49.2 Å². The van der Waals surface area contributed by atoms with Crippen molar-refractivity contribution in [3.8, 4) is 22.5 Å². The number of hydrogen-bond donors (Lipinski definition) is 4. The lowest BCUT2D eigenvalue weighted by Crippen LogP contribution is -2.30. The second-order valence-electron chi connectivity index (χ2n) is 15.6. The number of nitrogens with zero attached hydrogens (tertiary/aromatic N) is 8. The van der Waals surface area contributed by atoms with Gasteiger partial charge in [0.05, 0.1) is 35.2 Å². The number of rotatable bonds is 10. The number of fused-ring (bicyclic) bond motifs is 2. The molecule has 10 rings (SSSR count). The molecule has 62 heavy (non-hydrogen) atoms. The summed E-state index contributed by atoms with van der Waals surface area (Å²) in [6.45, 7) is 5.98. The minimum atomic E-state index is -0.364. The lowest BCUT2D eigenvalue weighted by Gasteiger charge is -2.23. The van der Waals surface area contributed by atoms with E-state index in [2.05, 4.69) is 46.3 Å². The molecule has 0 bridgehead atoms. The Morgan fingerprint density at radius 2 is 1.15 bits per heavy atom. The fourth-order valence-corrected chi connectivity index (χ4v) is 8.41. The molecule has 12 nitrogen and oxygen atoms in total. The Balaban J connectivity index is 0.000000158. The summed E-state index contributed by atoms with van der Waals surface area (Å²) in [5.41, 5.74) is 8.54. The van der Waals surface area contributed by atoms with Crippen LogP contribution >= 0.6 is 23.2 Å². The van der Waals surface area contributed by atoms with E-state index in [9.17, 15) is 8.78 Å². The second kappa shape index (κ2) is 18.9. The Kier molecular flexibility index (Phi) is 12.6. The minimum absolute atomic E-state index is 0.361. The van der Waals surface area contributed by atoms with Crippen LogP contribution in [0, 0.1) is 23.5 Å². The monoisotopic (exact) mass is 872 g/mol. The highest BCUT2D eigenvalue weighted by Crippen LogP contribution is 2.32. The van der Waals surface area contributed by atoms with E-state index in [0.29, 0.717) is 44.4 Å². The van der Waals surface area contributed by atoms with E-state index in [0.717, 1.165) is 110 Å². The van der Waals surface area contributed by atoms with Gasteiger partial charge in [0, 0.05) is 70.4 Å². The maximum atomic E-state index is 14.3. The van der Waals surface area contributed by atoms with E-state index >= 15 is 0 Å². The average Bonchev–Trinajstić information content (AvgIpc) is 3.91. The summed E-state index contributed by atoms with van der Waals surface area (Å²) in [5, 5.41) is 24.0. The zero-order valence-corrected chi connectivity index (χ0v) is 35.2. The molecule has 2 saturated heterocycles. The topological polar surface area (TPSA) is 135 Å². The molecule has 2 fully saturated rings. The lowest BCUT2D eigenvalue weighted by atomic mass is 9.98. The number of hydrogen-bond acceptors (Lipinski definition) is 10. The summed E-state index contributed by atoms with van der Waals surface area (Å²) in [4.78, 5) is 17.6. The van der Waals surface area contributed by atoms with Crippen LogP contribution in [-0.2, 0) is 13.1 Å². The van der Waals surface area contributed by atoms with Crippen LogP contribution < -0.4 is 21.3 Å². The van der Waals surface area contributed by atoms with E-state index in [1.165, 1.54) is 24.3 Å². The number of piperidine rings is 2. The first-order valence-corrected chi connectivity index (χ1v) is 21.5. The highest BCUT2D eigenvalue weighted by atomic mass is 35.5. The molecule has 8 aromatic rings. The third-order valence-electron chi connectivity index (χ3n) is 11.3. The van der Waals surface area contributed by atoms with Crippen molar-refractivity contribution in [3.05, 3.63) is 132 Å². The van der Waals surface area contributed by atoms with Gasteiger partial charge in [-0.25, -0.2) is 8.78 Å². The van der Waals surface area contributed by atoms with Crippen LogP contribution in [-0.4, -0.2) is 65.7 Å². The van der Waals surface area contributed by atoms with Gasteiger partial charge in [-0.3, -0.25) is 29.3 Å². The van der Waals surface area contributed by atoms with Gasteiger partial charge in [0.15, 0.2) is 0 Å². The van der Waals surface area contributed by atoms with Crippen molar-refractivity contribution in [2.24, 2.45) is 11.8 Å². The Morgan fingerprint density at radius 3 is 1.76 bits per heavy atom. The van der Waals surface area contributed by atoms with E-state index in [4.69, 9.17) is 28.3 Å². The number of anilines is 4. The van der Waals surface area contributed by atoms with E-state index < -0.39 is 0 Å². The Bertz CT molecular complexity index is 2810. The highest BCUT2D eigenvalue weighted by molar-refractivity contribution is 6.31. The van der Waals surface area contributed by atoms with Gasteiger partial charge in [-0.15, -0.1) is 0 Å². The first-order valence-electron chi connectivity index (χ1n) is 20.7. The minimum Gasteiger partial charge on any atom is -0.354 e. The fourth-order valence-electron chi connectivity index (χ4n) is 8.07. The second-order valence-corrected chi connectivity index (χ2v) is 16.5. The normalized spacial score (nSPS) is 14.8. The van der Waals surface area contributed by atoms with Gasteiger partial charge >= 0.3 is 0 Å². The van der Waals surface area contributed by atoms with E-state index in [-0.39, 0.29) is 11.6 Å². The Hall–Kier alpha value is -6.06. The quantitative estimate of drug-likeness (QED) is 0.105. The largest absolute Gasteiger partial charge is 0.354 e. The molecule has 4 N–H and O–H groups in total. The molecule has 2 aliphatic heterocycles. The summed E-state index contributed by atoms with van der Waals surface area (Å²) < 4.78 is 32.6. The molecule has 16 heteroatoms.